The van der Waals surface area contributed by atoms with Crippen molar-refractivity contribution in [2.24, 2.45) is 0 Å². The van der Waals surface area contributed by atoms with Crippen molar-refractivity contribution in [3.05, 3.63) is 86.1 Å². The van der Waals surface area contributed by atoms with E-state index in [1.807, 2.05) is 0 Å². The average Bonchev–Trinajstić information content (AvgIpc) is 3.26. The number of aromatic nitrogens is 1. The van der Waals surface area contributed by atoms with Crippen molar-refractivity contribution in [1.82, 2.24) is 14.6 Å². The predicted octanol–water partition coefficient (Wildman–Crippen LogP) is 1.70. The monoisotopic (exact) mass is 546 g/mol. The van der Waals surface area contributed by atoms with Gasteiger partial charge >= 0.3 is 0 Å². The predicted molar refractivity (Wildman–Crippen MR) is 142 cm³/mol. The SMILES string of the molecule is C=C(/C=c1/ccn(-c2ccc(NC(=O)CNS(=O)(=O)c3ccc(Cl)s3)cc2)c(=O)/c1=C/C)NC(C)=O. The molecular weight excluding hydrogens is 524 g/mol. The zero-order chi connectivity index (χ0) is 26.5. The summed E-state index contributed by atoms with van der Waals surface area (Å²) in [6, 6.07) is 11.0. The van der Waals surface area contributed by atoms with Gasteiger partial charge < -0.3 is 10.6 Å². The van der Waals surface area contributed by atoms with Crippen molar-refractivity contribution in [3.63, 3.8) is 0 Å². The quantitative estimate of drug-likeness (QED) is 0.396. The zero-order valence-electron chi connectivity index (χ0n) is 19.4. The number of hydrogen-bond acceptors (Lipinski definition) is 6. The summed E-state index contributed by atoms with van der Waals surface area (Å²) in [6.07, 6.45) is 4.88. The highest BCUT2D eigenvalue weighted by atomic mass is 35.5. The van der Waals surface area contributed by atoms with E-state index < -0.39 is 22.5 Å². The van der Waals surface area contributed by atoms with Crippen LogP contribution in [0.15, 0.2) is 69.9 Å². The Labute approximate surface area is 216 Å². The lowest BCUT2D eigenvalue weighted by Gasteiger charge is -2.09. The number of pyridine rings is 1. The maximum atomic E-state index is 13.0. The minimum atomic E-state index is -3.84. The van der Waals surface area contributed by atoms with E-state index in [1.54, 1.807) is 55.6 Å². The molecule has 1 aromatic carbocycles. The Hall–Kier alpha value is -3.51. The van der Waals surface area contributed by atoms with Crippen LogP contribution in [0.5, 0.6) is 0 Å². The molecule has 12 heteroatoms. The molecule has 0 aliphatic rings. The number of thiophene rings is 1. The molecule has 2 heterocycles. The van der Waals surface area contributed by atoms with E-state index in [4.69, 9.17) is 11.6 Å². The van der Waals surface area contributed by atoms with Crippen LogP contribution in [0.25, 0.3) is 17.8 Å². The Morgan fingerprint density at radius 2 is 1.83 bits per heavy atom. The summed E-state index contributed by atoms with van der Waals surface area (Å²) in [5.74, 6) is -0.822. The van der Waals surface area contributed by atoms with E-state index in [0.717, 1.165) is 11.3 Å². The molecule has 0 aliphatic heterocycles. The van der Waals surface area contributed by atoms with Crippen LogP contribution in [0.2, 0.25) is 4.34 Å². The van der Waals surface area contributed by atoms with Crippen LogP contribution >= 0.6 is 22.9 Å². The molecule has 0 atom stereocenters. The number of amides is 2. The van der Waals surface area contributed by atoms with Gasteiger partial charge in [0.15, 0.2) is 0 Å². The lowest BCUT2D eigenvalue weighted by atomic mass is 10.2. The van der Waals surface area contributed by atoms with Gasteiger partial charge in [-0.1, -0.05) is 24.3 Å². The number of nitrogens with one attached hydrogen (secondary N) is 3. The second kappa shape index (κ2) is 11.5. The number of sulfonamides is 1. The standard InChI is InChI=1S/C24H23ClN4O5S2/c1-4-20-17(13-15(2)27-16(3)30)11-12-29(24(20)32)19-7-5-18(6-8-19)28-22(31)14-26-36(33,34)23-10-9-21(25)35-23/h4-13,26H,2,14H2,1,3H3,(H,27,30)(H,28,31)/b17-13-,20-4+. The molecule has 188 valence electrons. The van der Waals surface area contributed by atoms with E-state index in [1.165, 1.54) is 23.6 Å². The molecule has 0 unspecified atom stereocenters. The van der Waals surface area contributed by atoms with Gasteiger partial charge in [0.2, 0.25) is 11.8 Å². The smallest absolute Gasteiger partial charge is 0.262 e. The van der Waals surface area contributed by atoms with Gasteiger partial charge in [-0.2, -0.15) is 0 Å². The van der Waals surface area contributed by atoms with Crippen LogP contribution in [-0.2, 0) is 19.6 Å². The first-order valence-electron chi connectivity index (χ1n) is 10.5. The number of carbonyl (C=O) groups is 2. The van der Waals surface area contributed by atoms with Gasteiger partial charge in [0.25, 0.3) is 15.6 Å². The van der Waals surface area contributed by atoms with Crippen LogP contribution in [0.4, 0.5) is 5.69 Å². The maximum absolute atomic E-state index is 13.0. The summed E-state index contributed by atoms with van der Waals surface area (Å²) in [5, 5.41) is 6.21. The summed E-state index contributed by atoms with van der Waals surface area (Å²) < 4.78 is 28.4. The van der Waals surface area contributed by atoms with E-state index in [9.17, 15) is 22.8 Å². The second-order valence-corrected chi connectivity index (χ2v) is 11.2. The van der Waals surface area contributed by atoms with E-state index in [0.29, 0.717) is 31.8 Å². The van der Waals surface area contributed by atoms with Crippen molar-refractivity contribution in [2.45, 2.75) is 18.1 Å². The first-order chi connectivity index (χ1) is 17.0. The molecule has 0 radical (unpaired) electrons. The highest BCUT2D eigenvalue weighted by Gasteiger charge is 2.17. The Bertz CT molecular complexity index is 1610. The molecule has 3 N–H and O–H groups in total. The van der Waals surface area contributed by atoms with Crippen LogP contribution < -0.4 is 31.4 Å². The van der Waals surface area contributed by atoms with Gasteiger partial charge in [-0.15, -0.1) is 11.3 Å². The Morgan fingerprint density at radius 1 is 1.14 bits per heavy atom. The lowest BCUT2D eigenvalue weighted by Crippen LogP contribution is -2.44. The second-order valence-electron chi connectivity index (χ2n) is 7.48. The highest BCUT2D eigenvalue weighted by Crippen LogP contribution is 2.25. The number of rotatable bonds is 8. The molecule has 0 spiro atoms. The Kier molecular flexibility index (Phi) is 8.64. The zero-order valence-corrected chi connectivity index (χ0v) is 21.8. The van der Waals surface area contributed by atoms with Crippen molar-refractivity contribution in [3.8, 4) is 5.69 Å². The van der Waals surface area contributed by atoms with E-state index in [2.05, 4.69) is 21.9 Å². The number of carbonyl (C=O) groups excluding carboxylic acids is 2. The van der Waals surface area contributed by atoms with Crippen LogP contribution in [0.1, 0.15) is 13.8 Å². The fourth-order valence-corrected chi connectivity index (χ4v) is 5.73. The van der Waals surface area contributed by atoms with Gasteiger partial charge in [0, 0.05) is 35.4 Å². The molecule has 0 bridgehead atoms. The largest absolute Gasteiger partial charge is 0.327 e. The number of benzene rings is 1. The summed E-state index contributed by atoms with van der Waals surface area (Å²) in [5.41, 5.74) is 1.07. The van der Waals surface area contributed by atoms with Crippen LogP contribution in [-0.4, -0.2) is 31.3 Å². The van der Waals surface area contributed by atoms with Gasteiger partial charge in [-0.3, -0.25) is 19.0 Å². The normalized spacial score (nSPS) is 12.4. The van der Waals surface area contributed by atoms with Gasteiger partial charge in [-0.05, 0) is 60.7 Å². The molecule has 0 saturated heterocycles. The van der Waals surface area contributed by atoms with Crippen LogP contribution in [0, 0.1) is 0 Å². The van der Waals surface area contributed by atoms with Crippen molar-refractivity contribution in [2.75, 3.05) is 11.9 Å². The number of hydrogen-bond donors (Lipinski definition) is 3. The average molecular weight is 547 g/mol. The van der Waals surface area contributed by atoms with Crippen molar-refractivity contribution < 1.29 is 18.0 Å². The fraction of sp³-hybridized carbons (Fsp3) is 0.125. The minimum Gasteiger partial charge on any atom is -0.327 e. The summed E-state index contributed by atoms with van der Waals surface area (Å²) >= 11 is 6.66. The molecule has 2 amide bonds. The van der Waals surface area contributed by atoms with Gasteiger partial charge in [0.05, 0.1) is 10.9 Å². The first-order valence-corrected chi connectivity index (χ1v) is 13.2. The molecule has 0 fully saturated rings. The number of nitrogens with zero attached hydrogens (tertiary/aromatic N) is 1. The summed E-state index contributed by atoms with van der Waals surface area (Å²) in [7, 11) is -3.84. The highest BCUT2D eigenvalue weighted by molar-refractivity contribution is 7.91. The molecule has 9 nitrogen and oxygen atoms in total. The molecule has 2 aromatic heterocycles. The molecule has 0 saturated carbocycles. The minimum absolute atomic E-state index is 0.0156. The van der Waals surface area contributed by atoms with Crippen molar-refractivity contribution in [1.29, 1.82) is 0 Å². The summed E-state index contributed by atoms with van der Waals surface area (Å²) in [6.45, 7) is 6.41. The Morgan fingerprint density at radius 3 is 2.42 bits per heavy atom. The van der Waals surface area contributed by atoms with Gasteiger partial charge in [0.1, 0.15) is 4.21 Å². The van der Waals surface area contributed by atoms with Crippen LogP contribution in [0.3, 0.4) is 0 Å². The molecule has 0 aliphatic carbocycles. The molecule has 3 rings (SSSR count). The van der Waals surface area contributed by atoms with E-state index in [-0.39, 0.29) is 15.7 Å². The molecule has 3 aromatic rings. The first kappa shape index (κ1) is 27.1. The van der Waals surface area contributed by atoms with Gasteiger partial charge in [-0.25, -0.2) is 13.1 Å². The van der Waals surface area contributed by atoms with E-state index >= 15 is 0 Å². The third-order valence-electron chi connectivity index (χ3n) is 4.78. The van der Waals surface area contributed by atoms with Crippen molar-refractivity contribution >= 4 is 62.6 Å². The third kappa shape index (κ3) is 6.79. The summed E-state index contributed by atoms with van der Waals surface area (Å²) in [4.78, 5) is 36.5. The third-order valence-corrected chi connectivity index (χ3v) is 7.91. The fourth-order valence-electron chi connectivity index (χ4n) is 3.22. The number of anilines is 1. The topological polar surface area (TPSA) is 126 Å². The maximum Gasteiger partial charge on any atom is 0.262 e. The lowest BCUT2D eigenvalue weighted by molar-refractivity contribution is -0.118. The number of allylic oxidation sites excluding steroid dienone is 1. The number of halogens is 1. The molecule has 36 heavy (non-hydrogen) atoms. The Balaban J connectivity index is 1.73. The molecular formula is C24H23ClN4O5S2.